The number of benzene rings is 2. The summed E-state index contributed by atoms with van der Waals surface area (Å²) in [6, 6.07) is 10.1. The monoisotopic (exact) mass is 492 g/mol. The second kappa shape index (κ2) is 5.32. The highest BCUT2D eigenvalue weighted by Gasteiger charge is 2.29. The molecule has 0 saturated carbocycles. The van der Waals surface area contributed by atoms with E-state index in [1.807, 2.05) is 45.2 Å². The summed E-state index contributed by atoms with van der Waals surface area (Å²) in [6.07, 6.45) is 0. The van der Waals surface area contributed by atoms with Crippen molar-refractivity contribution in [1.82, 2.24) is 0 Å². The average molecular weight is 492 g/mol. The summed E-state index contributed by atoms with van der Waals surface area (Å²) in [5.74, 6) is -0.614. The molecule has 4 nitrogen and oxygen atoms in total. The molecule has 2 aromatic rings. The summed E-state index contributed by atoms with van der Waals surface area (Å²) in [4.78, 5) is 24.6. The maximum Gasteiger partial charge on any atom is 0.345 e. The van der Waals surface area contributed by atoms with Crippen LogP contribution in [0.2, 0.25) is 0 Å². The summed E-state index contributed by atoms with van der Waals surface area (Å²) >= 11 is 4.01. The van der Waals surface area contributed by atoms with Crippen molar-refractivity contribution in [2.24, 2.45) is 0 Å². The first-order valence-corrected chi connectivity index (χ1v) is 7.75. The average Bonchev–Trinajstić information content (AvgIpc) is 2.41. The number of hydrogen-bond acceptors (Lipinski definition) is 4. The normalized spacial score (nSPS) is 13.5. The standard InChI is InChI=1S/C14H6I2O4/c15-7-5-6-8(16)12-11(7)13(17)19-9-3-1-2-4-10(9)20-14(12)18/h1-6H. The van der Waals surface area contributed by atoms with Crippen LogP contribution in [0, 0.1) is 7.14 Å². The quantitative estimate of drug-likeness (QED) is 0.321. The van der Waals surface area contributed by atoms with Gasteiger partial charge in [0, 0.05) is 7.14 Å². The fourth-order valence-electron chi connectivity index (χ4n) is 1.87. The van der Waals surface area contributed by atoms with Crippen LogP contribution in [0.5, 0.6) is 11.5 Å². The number of rotatable bonds is 0. The van der Waals surface area contributed by atoms with Gasteiger partial charge in [-0.15, -0.1) is 0 Å². The SMILES string of the molecule is O=C1Oc2ccccc2OC(=O)c2c(I)ccc(I)c21. The van der Waals surface area contributed by atoms with Gasteiger partial charge >= 0.3 is 11.9 Å². The predicted octanol–water partition coefficient (Wildman–Crippen LogP) is 3.65. The number of carbonyl (C=O) groups is 2. The molecule has 0 N–H and O–H groups in total. The zero-order valence-corrected chi connectivity index (χ0v) is 14.2. The highest BCUT2D eigenvalue weighted by molar-refractivity contribution is 14.1. The number of ether oxygens (including phenoxy) is 2. The van der Waals surface area contributed by atoms with Gasteiger partial charge in [0.25, 0.3) is 0 Å². The molecule has 0 spiro atoms. The zero-order valence-electron chi connectivity index (χ0n) is 9.85. The van der Waals surface area contributed by atoms with E-state index in [0.717, 1.165) is 0 Å². The van der Waals surface area contributed by atoms with Crippen molar-refractivity contribution >= 4 is 57.1 Å². The van der Waals surface area contributed by atoms with Gasteiger partial charge in [0.2, 0.25) is 0 Å². The van der Waals surface area contributed by atoms with Crippen LogP contribution in [0.1, 0.15) is 20.7 Å². The molecule has 0 aromatic heterocycles. The third kappa shape index (κ3) is 2.30. The zero-order chi connectivity index (χ0) is 14.3. The van der Waals surface area contributed by atoms with E-state index in [1.165, 1.54) is 0 Å². The molecule has 2 aromatic carbocycles. The third-order valence-corrected chi connectivity index (χ3v) is 4.56. The summed E-state index contributed by atoms with van der Waals surface area (Å²) in [7, 11) is 0. The van der Waals surface area contributed by atoms with E-state index in [0.29, 0.717) is 7.14 Å². The second-order valence-electron chi connectivity index (χ2n) is 4.00. The minimum absolute atomic E-state index is 0.242. The minimum Gasteiger partial charge on any atom is -0.419 e. The summed E-state index contributed by atoms with van der Waals surface area (Å²) < 4.78 is 12.0. The molecular formula is C14H6I2O4. The Morgan fingerprint density at radius 3 is 1.50 bits per heavy atom. The van der Waals surface area contributed by atoms with Gasteiger partial charge < -0.3 is 9.47 Å². The smallest absolute Gasteiger partial charge is 0.345 e. The van der Waals surface area contributed by atoms with Gasteiger partial charge in [-0.3, -0.25) is 0 Å². The van der Waals surface area contributed by atoms with Gasteiger partial charge in [-0.05, 0) is 69.4 Å². The molecule has 1 aliphatic rings. The molecule has 0 aliphatic carbocycles. The van der Waals surface area contributed by atoms with Crippen LogP contribution < -0.4 is 9.47 Å². The first-order chi connectivity index (χ1) is 9.58. The van der Waals surface area contributed by atoms with Gasteiger partial charge in [-0.1, -0.05) is 12.1 Å². The molecule has 0 radical (unpaired) electrons. The largest absolute Gasteiger partial charge is 0.419 e. The number of hydrogen-bond donors (Lipinski definition) is 0. The van der Waals surface area contributed by atoms with Gasteiger partial charge in [-0.2, -0.15) is 0 Å². The van der Waals surface area contributed by atoms with Crippen molar-refractivity contribution in [2.45, 2.75) is 0 Å². The van der Waals surface area contributed by atoms with E-state index in [9.17, 15) is 9.59 Å². The Kier molecular flexibility index (Phi) is 3.67. The molecule has 0 atom stereocenters. The Hall–Kier alpha value is -1.16. The van der Waals surface area contributed by atoms with Crippen LogP contribution in [0.25, 0.3) is 0 Å². The summed E-state index contributed by atoms with van der Waals surface area (Å²) in [6.45, 7) is 0. The number of halogens is 2. The maximum absolute atomic E-state index is 12.3. The number of carbonyl (C=O) groups excluding carboxylic acids is 2. The van der Waals surface area contributed by atoms with E-state index in [-0.39, 0.29) is 22.6 Å². The van der Waals surface area contributed by atoms with Crippen molar-refractivity contribution in [2.75, 3.05) is 0 Å². The number of fused-ring (bicyclic) bond motifs is 2. The Balaban J connectivity index is 2.24. The van der Waals surface area contributed by atoms with Gasteiger partial charge in [0.15, 0.2) is 11.5 Å². The molecular weight excluding hydrogens is 486 g/mol. The predicted molar refractivity (Wildman–Crippen MR) is 88.2 cm³/mol. The lowest BCUT2D eigenvalue weighted by molar-refractivity contribution is 0.0646. The van der Waals surface area contributed by atoms with Crippen LogP contribution in [-0.4, -0.2) is 11.9 Å². The molecule has 0 bridgehead atoms. The molecule has 6 heteroatoms. The van der Waals surface area contributed by atoms with E-state index >= 15 is 0 Å². The van der Waals surface area contributed by atoms with Crippen molar-refractivity contribution in [3.8, 4) is 11.5 Å². The minimum atomic E-state index is -0.549. The first-order valence-electron chi connectivity index (χ1n) is 5.59. The number of esters is 2. The maximum atomic E-state index is 12.3. The van der Waals surface area contributed by atoms with Crippen LogP contribution in [0.3, 0.4) is 0 Å². The summed E-state index contributed by atoms with van der Waals surface area (Å²) in [5.41, 5.74) is 0.494. The van der Waals surface area contributed by atoms with Gasteiger partial charge in [0.05, 0.1) is 11.1 Å². The van der Waals surface area contributed by atoms with Crippen LogP contribution >= 0.6 is 45.2 Å². The van der Waals surface area contributed by atoms with Crippen molar-refractivity contribution in [3.05, 3.63) is 54.7 Å². The van der Waals surface area contributed by atoms with Crippen molar-refractivity contribution < 1.29 is 19.1 Å². The second-order valence-corrected chi connectivity index (χ2v) is 6.33. The van der Waals surface area contributed by atoms with Crippen LogP contribution in [0.15, 0.2) is 36.4 Å². The molecule has 0 amide bonds. The third-order valence-electron chi connectivity index (χ3n) is 2.77. The Bertz CT molecular complexity index is 678. The lowest BCUT2D eigenvalue weighted by atomic mass is 10.1. The van der Waals surface area contributed by atoms with Gasteiger partial charge in [-0.25, -0.2) is 9.59 Å². The lowest BCUT2D eigenvalue weighted by Gasteiger charge is -2.17. The van der Waals surface area contributed by atoms with Crippen LogP contribution in [-0.2, 0) is 0 Å². The van der Waals surface area contributed by atoms with E-state index < -0.39 is 11.9 Å². The van der Waals surface area contributed by atoms with Crippen molar-refractivity contribution in [1.29, 1.82) is 0 Å². The molecule has 3 rings (SSSR count). The van der Waals surface area contributed by atoms with Crippen molar-refractivity contribution in [3.63, 3.8) is 0 Å². The summed E-state index contributed by atoms with van der Waals surface area (Å²) in [5, 5.41) is 0. The highest BCUT2D eigenvalue weighted by Crippen LogP contribution is 2.33. The highest BCUT2D eigenvalue weighted by atomic mass is 127. The van der Waals surface area contributed by atoms with E-state index in [4.69, 9.17) is 9.47 Å². The topological polar surface area (TPSA) is 52.6 Å². The molecule has 100 valence electrons. The fourth-order valence-corrected chi connectivity index (χ4v) is 3.21. The Morgan fingerprint density at radius 2 is 1.10 bits per heavy atom. The molecule has 0 saturated heterocycles. The molecule has 0 fully saturated rings. The Morgan fingerprint density at radius 1 is 0.700 bits per heavy atom. The molecule has 20 heavy (non-hydrogen) atoms. The van der Waals surface area contributed by atoms with E-state index in [2.05, 4.69) is 0 Å². The first kappa shape index (κ1) is 13.8. The van der Waals surface area contributed by atoms with Gasteiger partial charge in [0.1, 0.15) is 0 Å². The lowest BCUT2D eigenvalue weighted by Crippen LogP contribution is -2.23. The van der Waals surface area contributed by atoms with E-state index in [1.54, 1.807) is 36.4 Å². The van der Waals surface area contributed by atoms with Crippen LogP contribution in [0.4, 0.5) is 0 Å². The molecule has 1 aliphatic heterocycles. The Labute approximate surface area is 141 Å². The molecule has 0 unspecified atom stereocenters. The molecule has 1 heterocycles. The fraction of sp³-hybridized carbons (Fsp3) is 0. The number of para-hydroxylation sites is 2.